The predicted molar refractivity (Wildman–Crippen MR) is 95.1 cm³/mol. The maximum atomic E-state index is 11.9. The van der Waals surface area contributed by atoms with E-state index < -0.39 is 0 Å². The van der Waals surface area contributed by atoms with Gasteiger partial charge in [0.15, 0.2) is 0 Å². The minimum atomic E-state index is -0.317. The Hall–Kier alpha value is -2.47. The van der Waals surface area contributed by atoms with Crippen LogP contribution in [0.3, 0.4) is 0 Å². The minimum Gasteiger partial charge on any atom is -0.497 e. The zero-order chi connectivity index (χ0) is 17.6. The van der Waals surface area contributed by atoms with Gasteiger partial charge in [-0.05, 0) is 37.3 Å². The Bertz CT molecular complexity index is 688. The zero-order valence-electron chi connectivity index (χ0n) is 14.7. The highest BCUT2D eigenvalue weighted by atomic mass is 16.5. The van der Waals surface area contributed by atoms with E-state index in [4.69, 9.17) is 13.9 Å². The Morgan fingerprint density at radius 1 is 1.12 bits per heavy atom. The molecule has 0 bridgehead atoms. The van der Waals surface area contributed by atoms with E-state index in [1.54, 1.807) is 26.4 Å². The Labute approximate surface area is 147 Å². The zero-order valence-corrected chi connectivity index (χ0v) is 14.7. The molecule has 2 heterocycles. The standard InChI is InChI=1S/C19H24N2O4/c1-3-24-19(22)17-8-13-25-18(17)14-20-9-11-21(12-10-20)15-4-6-16(23-2)7-5-15/h4-8,13H,3,9-12,14H2,1-2H3. The van der Waals surface area contributed by atoms with Crippen molar-refractivity contribution in [2.24, 2.45) is 0 Å². The molecule has 1 fully saturated rings. The molecule has 1 saturated heterocycles. The van der Waals surface area contributed by atoms with Crippen LogP contribution < -0.4 is 9.64 Å². The largest absolute Gasteiger partial charge is 0.497 e. The highest BCUT2D eigenvalue weighted by molar-refractivity contribution is 5.90. The Morgan fingerprint density at radius 3 is 2.48 bits per heavy atom. The van der Waals surface area contributed by atoms with Gasteiger partial charge in [-0.15, -0.1) is 0 Å². The van der Waals surface area contributed by atoms with Crippen LogP contribution in [0.25, 0.3) is 0 Å². The smallest absolute Gasteiger partial charge is 0.341 e. The van der Waals surface area contributed by atoms with Crippen LogP contribution in [0.5, 0.6) is 5.75 Å². The first-order valence-corrected chi connectivity index (χ1v) is 8.56. The van der Waals surface area contributed by atoms with Gasteiger partial charge in [-0.2, -0.15) is 0 Å². The third kappa shape index (κ3) is 4.14. The van der Waals surface area contributed by atoms with Crippen LogP contribution in [-0.2, 0) is 11.3 Å². The Kier molecular flexibility index (Phi) is 5.60. The number of piperazine rings is 1. The van der Waals surface area contributed by atoms with Gasteiger partial charge in [0, 0.05) is 31.9 Å². The lowest BCUT2D eigenvalue weighted by molar-refractivity contribution is 0.0522. The number of esters is 1. The maximum absolute atomic E-state index is 11.9. The van der Waals surface area contributed by atoms with Crippen molar-refractivity contribution < 1.29 is 18.7 Å². The molecule has 134 valence electrons. The Balaban J connectivity index is 1.56. The van der Waals surface area contributed by atoms with E-state index in [0.29, 0.717) is 24.5 Å². The van der Waals surface area contributed by atoms with Crippen LogP contribution in [0.1, 0.15) is 23.0 Å². The summed E-state index contributed by atoms with van der Waals surface area (Å²) in [6.45, 7) is 6.48. The highest BCUT2D eigenvalue weighted by Gasteiger charge is 2.22. The van der Waals surface area contributed by atoms with Gasteiger partial charge in [-0.25, -0.2) is 4.79 Å². The van der Waals surface area contributed by atoms with E-state index >= 15 is 0 Å². The molecule has 0 radical (unpaired) electrons. The first-order chi connectivity index (χ1) is 12.2. The molecule has 2 aromatic rings. The third-order valence-electron chi connectivity index (χ3n) is 4.42. The molecule has 0 spiro atoms. The van der Waals surface area contributed by atoms with Crippen LogP contribution in [0, 0.1) is 0 Å². The summed E-state index contributed by atoms with van der Waals surface area (Å²) in [7, 11) is 1.67. The summed E-state index contributed by atoms with van der Waals surface area (Å²) >= 11 is 0. The summed E-state index contributed by atoms with van der Waals surface area (Å²) in [5, 5.41) is 0. The van der Waals surface area contributed by atoms with E-state index in [-0.39, 0.29) is 5.97 Å². The van der Waals surface area contributed by atoms with Gasteiger partial charge in [0.05, 0.1) is 26.5 Å². The van der Waals surface area contributed by atoms with Crippen molar-refractivity contribution in [3.8, 4) is 5.75 Å². The van der Waals surface area contributed by atoms with Gasteiger partial charge in [0.2, 0.25) is 0 Å². The van der Waals surface area contributed by atoms with Crippen molar-refractivity contribution in [3.05, 3.63) is 47.9 Å². The second-order valence-corrected chi connectivity index (χ2v) is 5.94. The van der Waals surface area contributed by atoms with Crippen LogP contribution in [0.15, 0.2) is 41.0 Å². The maximum Gasteiger partial charge on any atom is 0.341 e. The number of carbonyl (C=O) groups excluding carboxylic acids is 1. The number of ether oxygens (including phenoxy) is 2. The van der Waals surface area contributed by atoms with Crippen molar-refractivity contribution in [2.45, 2.75) is 13.5 Å². The van der Waals surface area contributed by atoms with Crippen molar-refractivity contribution >= 4 is 11.7 Å². The number of carbonyl (C=O) groups is 1. The van der Waals surface area contributed by atoms with Gasteiger partial charge in [0.25, 0.3) is 0 Å². The topological polar surface area (TPSA) is 55.2 Å². The molecule has 0 saturated carbocycles. The lowest BCUT2D eigenvalue weighted by Crippen LogP contribution is -2.46. The van der Waals surface area contributed by atoms with Gasteiger partial charge in [0.1, 0.15) is 17.1 Å². The fourth-order valence-electron chi connectivity index (χ4n) is 3.01. The molecule has 0 amide bonds. The second kappa shape index (κ2) is 8.07. The second-order valence-electron chi connectivity index (χ2n) is 5.94. The lowest BCUT2D eigenvalue weighted by Gasteiger charge is -2.35. The normalized spacial score (nSPS) is 15.2. The monoisotopic (exact) mass is 344 g/mol. The van der Waals surface area contributed by atoms with Gasteiger partial charge >= 0.3 is 5.97 Å². The van der Waals surface area contributed by atoms with E-state index in [1.807, 2.05) is 12.1 Å². The van der Waals surface area contributed by atoms with Crippen LogP contribution in [0.4, 0.5) is 5.69 Å². The predicted octanol–water partition coefficient (Wildman–Crippen LogP) is 2.79. The van der Waals surface area contributed by atoms with E-state index in [1.165, 1.54) is 5.69 Å². The number of hydrogen-bond acceptors (Lipinski definition) is 6. The van der Waals surface area contributed by atoms with Crippen LogP contribution in [0.2, 0.25) is 0 Å². The highest BCUT2D eigenvalue weighted by Crippen LogP contribution is 2.22. The van der Waals surface area contributed by atoms with E-state index in [2.05, 4.69) is 21.9 Å². The first kappa shape index (κ1) is 17.4. The molecule has 25 heavy (non-hydrogen) atoms. The van der Waals surface area contributed by atoms with Gasteiger partial charge in [-0.1, -0.05) is 0 Å². The molecule has 1 aromatic heterocycles. The molecule has 0 N–H and O–H groups in total. The minimum absolute atomic E-state index is 0.317. The van der Waals surface area contributed by atoms with E-state index in [9.17, 15) is 4.79 Å². The molecule has 1 aliphatic rings. The average molecular weight is 344 g/mol. The van der Waals surface area contributed by atoms with Crippen molar-refractivity contribution in [1.82, 2.24) is 4.90 Å². The Morgan fingerprint density at radius 2 is 1.84 bits per heavy atom. The number of furan rings is 1. The molecule has 3 rings (SSSR count). The summed E-state index contributed by atoms with van der Waals surface area (Å²) in [5.41, 5.74) is 1.73. The SMILES string of the molecule is CCOC(=O)c1ccoc1CN1CCN(c2ccc(OC)cc2)CC1. The van der Waals surface area contributed by atoms with Crippen LogP contribution >= 0.6 is 0 Å². The van der Waals surface area contributed by atoms with Crippen molar-refractivity contribution in [2.75, 3.05) is 44.8 Å². The van der Waals surface area contributed by atoms with Gasteiger partial charge in [-0.3, -0.25) is 4.90 Å². The molecular weight excluding hydrogens is 320 g/mol. The fourth-order valence-corrected chi connectivity index (χ4v) is 3.01. The summed E-state index contributed by atoms with van der Waals surface area (Å²) in [6, 6.07) is 9.81. The molecule has 0 atom stereocenters. The number of methoxy groups -OCH3 is 1. The molecule has 6 heteroatoms. The third-order valence-corrected chi connectivity index (χ3v) is 4.42. The number of hydrogen-bond donors (Lipinski definition) is 0. The molecule has 0 aliphatic carbocycles. The summed E-state index contributed by atoms with van der Waals surface area (Å²) in [5.74, 6) is 1.23. The number of nitrogens with zero attached hydrogens (tertiary/aromatic N) is 2. The number of anilines is 1. The average Bonchev–Trinajstić information content (AvgIpc) is 3.11. The first-order valence-electron chi connectivity index (χ1n) is 8.56. The van der Waals surface area contributed by atoms with Gasteiger partial charge < -0.3 is 18.8 Å². The lowest BCUT2D eigenvalue weighted by atomic mass is 10.2. The molecule has 1 aromatic carbocycles. The number of rotatable bonds is 6. The molecule has 1 aliphatic heterocycles. The fraction of sp³-hybridized carbons (Fsp3) is 0.421. The molecular formula is C19H24N2O4. The van der Waals surface area contributed by atoms with Crippen LogP contribution in [-0.4, -0.2) is 50.8 Å². The summed E-state index contributed by atoms with van der Waals surface area (Å²) < 4.78 is 15.8. The van der Waals surface area contributed by atoms with E-state index in [0.717, 1.165) is 31.9 Å². The number of benzene rings is 1. The molecule has 0 unspecified atom stereocenters. The summed E-state index contributed by atoms with van der Waals surface area (Å²) in [4.78, 5) is 16.6. The quantitative estimate of drug-likeness (QED) is 0.751. The molecule has 6 nitrogen and oxygen atoms in total. The van der Waals surface area contributed by atoms with Crippen molar-refractivity contribution in [3.63, 3.8) is 0 Å². The van der Waals surface area contributed by atoms with Crippen molar-refractivity contribution in [1.29, 1.82) is 0 Å². The summed E-state index contributed by atoms with van der Waals surface area (Å²) in [6.07, 6.45) is 1.55.